The molecule has 4 fully saturated rings. The number of Topliss-reactive ketones (excluding diaryl/α,β-unsaturated/α-hetero) is 1. The van der Waals surface area contributed by atoms with Gasteiger partial charge in [-0.25, -0.2) is 0 Å². The quantitative estimate of drug-likeness (QED) is 0.419. The Hall–Kier alpha value is -1.12. The van der Waals surface area contributed by atoms with Crippen molar-refractivity contribution in [3.63, 3.8) is 0 Å². The summed E-state index contributed by atoms with van der Waals surface area (Å²) in [6.07, 6.45) is 12.3. The molecule has 0 aromatic rings. The van der Waals surface area contributed by atoms with Gasteiger partial charge in [0.05, 0.1) is 5.41 Å². The summed E-state index contributed by atoms with van der Waals surface area (Å²) in [7, 11) is 0. The van der Waals surface area contributed by atoms with E-state index in [2.05, 4.69) is 54.5 Å². The Balaban J connectivity index is 1.65. The summed E-state index contributed by atoms with van der Waals surface area (Å²) >= 11 is 0. The maximum absolute atomic E-state index is 13.5. The Labute approximate surface area is 201 Å². The van der Waals surface area contributed by atoms with Crippen LogP contribution in [0.15, 0.2) is 11.6 Å². The first-order valence-electron chi connectivity index (χ1n) is 13.6. The Bertz CT molecular complexity index is 927. The van der Waals surface area contributed by atoms with Gasteiger partial charge in [0.1, 0.15) is 5.78 Å². The van der Waals surface area contributed by atoms with Gasteiger partial charge in [-0.15, -0.1) is 0 Å². The zero-order valence-electron chi connectivity index (χ0n) is 22.1. The zero-order chi connectivity index (χ0) is 24.2. The van der Waals surface area contributed by atoms with Gasteiger partial charge in [-0.1, -0.05) is 60.1 Å². The summed E-state index contributed by atoms with van der Waals surface area (Å²) in [5, 5.41) is 11.1. The van der Waals surface area contributed by atoms with E-state index in [0.717, 1.165) is 44.9 Å². The van der Waals surface area contributed by atoms with E-state index >= 15 is 0 Å². The summed E-state index contributed by atoms with van der Waals surface area (Å²) in [6, 6.07) is 0. The Kier molecular flexibility index (Phi) is 4.83. The molecule has 0 radical (unpaired) electrons. The van der Waals surface area contributed by atoms with Crippen LogP contribution in [0.5, 0.6) is 0 Å². The van der Waals surface area contributed by atoms with Gasteiger partial charge in [0.15, 0.2) is 0 Å². The molecule has 3 heteroatoms. The third-order valence-corrected chi connectivity index (χ3v) is 12.6. The molecule has 0 aromatic carbocycles. The number of carbonyl (C=O) groups excluding carboxylic acids is 1. The number of carboxylic acid groups (broad SMARTS) is 1. The molecule has 0 aliphatic heterocycles. The predicted octanol–water partition coefficient (Wildman–Crippen LogP) is 7.44. The number of ketones is 1. The third kappa shape index (κ3) is 2.80. The lowest BCUT2D eigenvalue weighted by Crippen LogP contribution is -2.66. The molecule has 3 nitrogen and oxygen atoms in total. The van der Waals surface area contributed by atoms with Crippen LogP contribution in [0.25, 0.3) is 0 Å². The summed E-state index contributed by atoms with van der Waals surface area (Å²) in [5.74, 6) is 0.911. The average molecular weight is 455 g/mol. The molecule has 184 valence electrons. The van der Waals surface area contributed by atoms with E-state index < -0.39 is 11.4 Å². The van der Waals surface area contributed by atoms with E-state index in [1.807, 2.05) is 0 Å². The topological polar surface area (TPSA) is 54.4 Å². The zero-order valence-corrected chi connectivity index (χ0v) is 22.1. The molecule has 0 amide bonds. The summed E-state index contributed by atoms with van der Waals surface area (Å²) in [5.41, 5.74) is 0.560. The molecule has 5 aliphatic rings. The second-order valence-corrected chi connectivity index (χ2v) is 14.9. The first-order valence-corrected chi connectivity index (χ1v) is 13.6. The predicted molar refractivity (Wildman–Crippen MR) is 132 cm³/mol. The minimum absolute atomic E-state index is 0.0292. The number of hydrogen-bond acceptors (Lipinski definition) is 2. The fourth-order valence-corrected chi connectivity index (χ4v) is 10.4. The van der Waals surface area contributed by atoms with Crippen LogP contribution in [0.2, 0.25) is 0 Å². The molecule has 7 atom stereocenters. The van der Waals surface area contributed by atoms with Crippen LogP contribution in [0.4, 0.5) is 0 Å². The lowest BCUT2D eigenvalue weighted by Gasteiger charge is -2.70. The normalized spacial score (nSPS) is 50.2. The SMILES string of the molecule is CC1(C)CC[C@]2(C)CC[C@@]3(C(=O)O)C(=CCC4[C@@]5(C)CCC(=O)C(C)(C)C5CC[C@]43C)C2C1. The lowest BCUT2D eigenvalue weighted by molar-refractivity contribution is -0.200. The standard InChI is InChI=1S/C30H46O3/c1-25(2)14-15-27(5)16-17-30(24(32)33)19(20(27)18-25)8-9-22-28(6)12-11-23(31)26(3,4)21(28)10-13-29(22,30)7/h8,20-22H,9-18H2,1-7H3,(H,32,33)/t20?,21?,22?,27-,28+,29-,30+/m1/s1. The van der Waals surface area contributed by atoms with Crippen molar-refractivity contribution in [1.29, 1.82) is 0 Å². The number of carbonyl (C=O) groups is 2. The van der Waals surface area contributed by atoms with Crippen molar-refractivity contribution in [2.24, 2.45) is 50.2 Å². The summed E-state index contributed by atoms with van der Waals surface area (Å²) in [6.45, 7) is 16.3. The highest BCUT2D eigenvalue weighted by Gasteiger charge is 2.71. The van der Waals surface area contributed by atoms with Gasteiger partial charge in [0, 0.05) is 11.8 Å². The van der Waals surface area contributed by atoms with Gasteiger partial charge >= 0.3 is 5.97 Å². The fraction of sp³-hybridized carbons (Fsp3) is 0.867. The molecular weight excluding hydrogens is 408 g/mol. The largest absolute Gasteiger partial charge is 0.481 e. The van der Waals surface area contributed by atoms with Crippen molar-refractivity contribution in [2.45, 2.75) is 113 Å². The fourth-order valence-electron chi connectivity index (χ4n) is 10.4. The van der Waals surface area contributed by atoms with Crippen LogP contribution in [0.3, 0.4) is 0 Å². The van der Waals surface area contributed by atoms with Gasteiger partial charge in [-0.3, -0.25) is 9.59 Å². The van der Waals surface area contributed by atoms with Crippen LogP contribution >= 0.6 is 0 Å². The van der Waals surface area contributed by atoms with Crippen molar-refractivity contribution in [3.8, 4) is 0 Å². The highest BCUT2D eigenvalue weighted by Crippen LogP contribution is 2.75. The van der Waals surface area contributed by atoms with E-state index in [4.69, 9.17) is 0 Å². The molecule has 0 saturated heterocycles. The highest BCUT2D eigenvalue weighted by atomic mass is 16.4. The summed E-state index contributed by atoms with van der Waals surface area (Å²) in [4.78, 5) is 26.4. The molecule has 3 unspecified atom stereocenters. The molecule has 0 spiro atoms. The van der Waals surface area contributed by atoms with Crippen molar-refractivity contribution in [1.82, 2.24) is 0 Å². The van der Waals surface area contributed by atoms with E-state index in [0.29, 0.717) is 30.0 Å². The Morgan fingerprint density at radius 2 is 1.58 bits per heavy atom. The van der Waals surface area contributed by atoms with Crippen LogP contribution in [-0.4, -0.2) is 16.9 Å². The number of rotatable bonds is 1. The molecule has 0 bridgehead atoms. The third-order valence-electron chi connectivity index (χ3n) is 12.6. The second kappa shape index (κ2) is 6.76. The first-order chi connectivity index (χ1) is 15.1. The molecule has 0 aromatic heterocycles. The van der Waals surface area contributed by atoms with Crippen LogP contribution in [0, 0.1) is 50.2 Å². The van der Waals surface area contributed by atoms with Crippen LogP contribution in [0.1, 0.15) is 113 Å². The molecule has 5 aliphatic carbocycles. The minimum atomic E-state index is -0.743. The number of fused-ring (bicyclic) bond motifs is 7. The molecule has 33 heavy (non-hydrogen) atoms. The molecule has 4 saturated carbocycles. The number of hydrogen-bond donors (Lipinski definition) is 1. The second-order valence-electron chi connectivity index (χ2n) is 14.9. The molecule has 5 rings (SSSR count). The highest BCUT2D eigenvalue weighted by molar-refractivity contribution is 5.86. The van der Waals surface area contributed by atoms with Gasteiger partial charge in [0.25, 0.3) is 0 Å². The van der Waals surface area contributed by atoms with Crippen molar-refractivity contribution < 1.29 is 14.7 Å². The van der Waals surface area contributed by atoms with Gasteiger partial charge in [-0.2, -0.15) is 0 Å². The molecule has 0 heterocycles. The maximum atomic E-state index is 13.5. The van der Waals surface area contributed by atoms with E-state index in [9.17, 15) is 14.7 Å². The van der Waals surface area contributed by atoms with Gasteiger partial charge in [0.2, 0.25) is 0 Å². The van der Waals surface area contributed by atoms with Gasteiger partial charge < -0.3 is 5.11 Å². The monoisotopic (exact) mass is 454 g/mol. The van der Waals surface area contributed by atoms with E-state index in [1.165, 1.54) is 18.4 Å². The Morgan fingerprint density at radius 1 is 0.909 bits per heavy atom. The molecular formula is C30H46O3. The van der Waals surface area contributed by atoms with E-state index in [1.54, 1.807) is 0 Å². The molecule has 1 N–H and O–H groups in total. The minimum Gasteiger partial charge on any atom is -0.481 e. The van der Waals surface area contributed by atoms with Gasteiger partial charge in [-0.05, 0) is 97.2 Å². The van der Waals surface area contributed by atoms with Crippen LogP contribution in [-0.2, 0) is 9.59 Å². The number of allylic oxidation sites excluding steroid dienone is 1. The maximum Gasteiger partial charge on any atom is 0.314 e. The Morgan fingerprint density at radius 3 is 2.24 bits per heavy atom. The smallest absolute Gasteiger partial charge is 0.314 e. The number of aliphatic carboxylic acids is 1. The number of carboxylic acids is 1. The van der Waals surface area contributed by atoms with Crippen LogP contribution < -0.4 is 0 Å². The van der Waals surface area contributed by atoms with E-state index in [-0.39, 0.29) is 27.1 Å². The lowest BCUT2D eigenvalue weighted by atomic mass is 9.33. The average Bonchev–Trinajstić information content (AvgIpc) is 2.71. The first kappa shape index (κ1) is 23.6. The van der Waals surface area contributed by atoms with Crippen molar-refractivity contribution >= 4 is 11.8 Å². The van der Waals surface area contributed by atoms with Crippen molar-refractivity contribution in [2.75, 3.05) is 0 Å². The summed E-state index contributed by atoms with van der Waals surface area (Å²) < 4.78 is 0. The van der Waals surface area contributed by atoms with Crippen molar-refractivity contribution in [3.05, 3.63) is 11.6 Å².